The topological polar surface area (TPSA) is 25.8 Å². The van der Waals surface area contributed by atoms with Crippen LogP contribution in [0.1, 0.15) is 31.3 Å². The van der Waals surface area contributed by atoms with Crippen molar-refractivity contribution in [1.82, 2.24) is 9.97 Å². The fourth-order valence-corrected chi connectivity index (χ4v) is 2.36. The predicted molar refractivity (Wildman–Crippen MR) is 76.1 cm³/mol. The summed E-state index contributed by atoms with van der Waals surface area (Å²) in [5.74, 6) is 0.0423. The second-order valence-corrected chi connectivity index (χ2v) is 5.27. The van der Waals surface area contributed by atoms with Gasteiger partial charge in [0.15, 0.2) is 5.69 Å². The van der Waals surface area contributed by atoms with Crippen LogP contribution in [0.15, 0.2) is 36.4 Å². The zero-order chi connectivity index (χ0) is 15.2. The van der Waals surface area contributed by atoms with Gasteiger partial charge in [-0.25, -0.2) is 9.97 Å². The van der Waals surface area contributed by atoms with Crippen molar-refractivity contribution in [2.24, 2.45) is 0 Å². The van der Waals surface area contributed by atoms with Crippen LogP contribution >= 0.6 is 0 Å². The standard InChI is InChI=1S/C16H13F3N2/c1-9(2)15-20-13-11-6-4-3-5-10(11)7-8-12(13)14(21-15)16(17,18)19/h3-9H,1-2H3. The lowest BCUT2D eigenvalue weighted by atomic mass is 10.0. The Kier molecular flexibility index (Phi) is 3.08. The van der Waals surface area contributed by atoms with Crippen LogP contribution < -0.4 is 0 Å². The van der Waals surface area contributed by atoms with Crippen molar-refractivity contribution in [2.45, 2.75) is 25.9 Å². The zero-order valence-corrected chi connectivity index (χ0v) is 11.6. The molecule has 0 saturated carbocycles. The van der Waals surface area contributed by atoms with Gasteiger partial charge in [-0.1, -0.05) is 44.2 Å². The van der Waals surface area contributed by atoms with E-state index in [1.54, 1.807) is 32.0 Å². The summed E-state index contributed by atoms with van der Waals surface area (Å²) < 4.78 is 39.8. The lowest BCUT2D eigenvalue weighted by Crippen LogP contribution is -2.12. The van der Waals surface area contributed by atoms with Crippen molar-refractivity contribution < 1.29 is 13.2 Å². The molecule has 0 N–H and O–H groups in total. The average Bonchev–Trinajstić information content (AvgIpc) is 2.44. The summed E-state index contributed by atoms with van der Waals surface area (Å²) in [6.07, 6.45) is -4.49. The van der Waals surface area contributed by atoms with E-state index in [9.17, 15) is 13.2 Å². The summed E-state index contributed by atoms with van der Waals surface area (Å²) >= 11 is 0. The van der Waals surface area contributed by atoms with Crippen LogP contribution in [0.4, 0.5) is 13.2 Å². The summed E-state index contributed by atoms with van der Waals surface area (Å²) in [5.41, 5.74) is -0.499. The van der Waals surface area contributed by atoms with Crippen LogP contribution in [0.2, 0.25) is 0 Å². The first kappa shape index (κ1) is 13.8. The highest BCUT2D eigenvalue weighted by Crippen LogP contribution is 2.36. The second kappa shape index (κ2) is 4.69. The molecule has 0 amide bonds. The van der Waals surface area contributed by atoms with E-state index in [0.717, 1.165) is 5.39 Å². The molecule has 5 heteroatoms. The fourth-order valence-electron chi connectivity index (χ4n) is 2.36. The first-order chi connectivity index (χ1) is 9.88. The molecule has 0 atom stereocenters. The van der Waals surface area contributed by atoms with Crippen LogP contribution in [-0.2, 0) is 6.18 Å². The number of aromatic nitrogens is 2. The molecule has 1 heterocycles. The van der Waals surface area contributed by atoms with Crippen LogP contribution in [-0.4, -0.2) is 9.97 Å². The van der Waals surface area contributed by atoms with E-state index in [2.05, 4.69) is 9.97 Å². The van der Waals surface area contributed by atoms with Crippen LogP contribution in [0.5, 0.6) is 0 Å². The Morgan fingerprint density at radius 2 is 1.62 bits per heavy atom. The van der Waals surface area contributed by atoms with Crippen LogP contribution in [0, 0.1) is 0 Å². The minimum Gasteiger partial charge on any atom is -0.232 e. The largest absolute Gasteiger partial charge is 0.434 e. The first-order valence-electron chi connectivity index (χ1n) is 6.64. The van der Waals surface area contributed by atoms with Crippen molar-refractivity contribution in [3.63, 3.8) is 0 Å². The molecule has 21 heavy (non-hydrogen) atoms. The number of benzene rings is 2. The van der Waals surface area contributed by atoms with Gasteiger partial charge in [0.25, 0.3) is 0 Å². The van der Waals surface area contributed by atoms with Crippen LogP contribution in [0.3, 0.4) is 0 Å². The second-order valence-electron chi connectivity index (χ2n) is 5.27. The van der Waals surface area contributed by atoms with E-state index in [1.807, 2.05) is 12.1 Å². The highest BCUT2D eigenvalue weighted by molar-refractivity contribution is 6.05. The van der Waals surface area contributed by atoms with E-state index in [4.69, 9.17) is 0 Å². The van der Waals surface area contributed by atoms with E-state index in [0.29, 0.717) is 10.9 Å². The van der Waals surface area contributed by atoms with Gasteiger partial charge < -0.3 is 0 Å². The third-order valence-corrected chi connectivity index (χ3v) is 3.39. The number of alkyl halides is 3. The van der Waals surface area contributed by atoms with E-state index >= 15 is 0 Å². The van der Waals surface area contributed by atoms with Gasteiger partial charge >= 0.3 is 6.18 Å². The van der Waals surface area contributed by atoms with Crippen LogP contribution in [0.25, 0.3) is 21.7 Å². The molecular weight excluding hydrogens is 277 g/mol. The summed E-state index contributed by atoms with van der Waals surface area (Å²) in [6, 6.07) is 10.4. The van der Waals surface area contributed by atoms with Crippen molar-refractivity contribution in [1.29, 1.82) is 0 Å². The Labute approximate surface area is 119 Å². The molecular formula is C16H13F3N2. The highest BCUT2D eigenvalue weighted by atomic mass is 19.4. The van der Waals surface area contributed by atoms with Gasteiger partial charge in [-0.2, -0.15) is 13.2 Å². The molecule has 0 spiro atoms. The Balaban J connectivity index is 2.49. The number of hydrogen-bond donors (Lipinski definition) is 0. The van der Waals surface area contributed by atoms with Crippen molar-refractivity contribution in [3.8, 4) is 0 Å². The first-order valence-corrected chi connectivity index (χ1v) is 6.64. The minimum atomic E-state index is -4.49. The summed E-state index contributed by atoms with van der Waals surface area (Å²) in [4.78, 5) is 8.11. The van der Waals surface area contributed by atoms with Crippen molar-refractivity contribution >= 4 is 21.7 Å². The van der Waals surface area contributed by atoms with Gasteiger partial charge in [-0.05, 0) is 11.5 Å². The van der Waals surface area contributed by atoms with Gasteiger partial charge in [-0.15, -0.1) is 0 Å². The van der Waals surface area contributed by atoms with Gasteiger partial charge in [0.2, 0.25) is 0 Å². The Morgan fingerprint density at radius 1 is 0.905 bits per heavy atom. The molecule has 3 rings (SSSR count). The molecule has 0 aliphatic carbocycles. The molecule has 108 valence electrons. The monoisotopic (exact) mass is 290 g/mol. The molecule has 0 aliphatic heterocycles. The molecule has 0 fully saturated rings. The van der Waals surface area contributed by atoms with E-state index in [1.165, 1.54) is 6.07 Å². The predicted octanol–water partition coefficient (Wildman–Crippen LogP) is 4.93. The molecule has 2 nitrogen and oxygen atoms in total. The minimum absolute atomic E-state index is 0.0469. The quantitative estimate of drug-likeness (QED) is 0.594. The number of halogens is 3. The van der Waals surface area contributed by atoms with E-state index in [-0.39, 0.29) is 17.1 Å². The molecule has 0 bridgehead atoms. The van der Waals surface area contributed by atoms with Gasteiger partial charge in [0, 0.05) is 16.7 Å². The smallest absolute Gasteiger partial charge is 0.232 e. The molecule has 1 aromatic heterocycles. The number of rotatable bonds is 1. The molecule has 0 unspecified atom stereocenters. The summed E-state index contributed by atoms with van der Waals surface area (Å²) in [7, 11) is 0. The Bertz CT molecular complexity index is 823. The zero-order valence-electron chi connectivity index (χ0n) is 11.6. The Morgan fingerprint density at radius 3 is 2.29 bits per heavy atom. The maximum absolute atomic E-state index is 13.3. The fraction of sp³-hybridized carbons (Fsp3) is 0.250. The molecule has 3 aromatic rings. The maximum atomic E-state index is 13.3. The van der Waals surface area contributed by atoms with Crippen molar-refractivity contribution in [3.05, 3.63) is 47.9 Å². The SMILES string of the molecule is CC(C)c1nc(C(F)(F)F)c2ccc3ccccc3c2n1. The third kappa shape index (κ3) is 2.33. The van der Waals surface area contributed by atoms with Gasteiger partial charge in [-0.3, -0.25) is 0 Å². The molecule has 0 aliphatic rings. The average molecular weight is 290 g/mol. The maximum Gasteiger partial charge on any atom is 0.434 e. The molecule has 0 radical (unpaired) electrons. The summed E-state index contributed by atoms with van der Waals surface area (Å²) in [6.45, 7) is 3.57. The Hall–Kier alpha value is -2.17. The normalized spacial score (nSPS) is 12.5. The van der Waals surface area contributed by atoms with Gasteiger partial charge in [0.05, 0.1) is 5.52 Å². The van der Waals surface area contributed by atoms with E-state index < -0.39 is 11.9 Å². The lowest BCUT2D eigenvalue weighted by Gasteiger charge is -2.14. The molecule has 0 saturated heterocycles. The molecule has 2 aromatic carbocycles. The number of hydrogen-bond acceptors (Lipinski definition) is 2. The number of nitrogens with zero attached hydrogens (tertiary/aromatic N) is 2. The third-order valence-electron chi connectivity index (χ3n) is 3.39. The highest BCUT2D eigenvalue weighted by Gasteiger charge is 2.36. The summed E-state index contributed by atoms with van der Waals surface area (Å²) in [5, 5.41) is 1.63. The number of fused-ring (bicyclic) bond motifs is 3. The van der Waals surface area contributed by atoms with Gasteiger partial charge in [0.1, 0.15) is 5.82 Å². The van der Waals surface area contributed by atoms with Crippen molar-refractivity contribution in [2.75, 3.05) is 0 Å². The lowest BCUT2D eigenvalue weighted by molar-refractivity contribution is -0.140.